The third-order valence-corrected chi connectivity index (χ3v) is 3.22. The zero-order chi connectivity index (χ0) is 17.5. The minimum Gasteiger partial charge on any atom is -0.491 e. The summed E-state index contributed by atoms with van der Waals surface area (Å²) in [5.74, 6) is 0.401. The van der Waals surface area contributed by atoms with E-state index in [1.807, 2.05) is 19.9 Å². The molecular weight excluding hydrogens is 304 g/mol. The SMILES string of the molecule is CCC(=O)Nc1ccc(NC(=O)c2cccc(OC(C)C)c2)cc1. The minimum atomic E-state index is -0.213. The summed E-state index contributed by atoms with van der Waals surface area (Å²) in [7, 11) is 0. The molecule has 0 bridgehead atoms. The Hall–Kier alpha value is -2.82. The van der Waals surface area contributed by atoms with Gasteiger partial charge >= 0.3 is 0 Å². The fourth-order valence-corrected chi connectivity index (χ4v) is 2.07. The highest BCUT2D eigenvalue weighted by molar-refractivity contribution is 6.04. The molecule has 0 atom stereocenters. The van der Waals surface area contributed by atoms with Crippen molar-refractivity contribution in [1.82, 2.24) is 0 Å². The molecule has 5 nitrogen and oxygen atoms in total. The standard InChI is InChI=1S/C19H22N2O3/c1-4-18(22)20-15-8-10-16(11-9-15)21-19(23)14-6-5-7-17(12-14)24-13(2)3/h5-13H,4H2,1-3H3,(H,20,22)(H,21,23). The van der Waals surface area contributed by atoms with Crippen LogP contribution in [0, 0.1) is 0 Å². The normalized spacial score (nSPS) is 10.3. The van der Waals surface area contributed by atoms with Gasteiger partial charge in [0.1, 0.15) is 5.75 Å². The molecule has 2 aromatic carbocycles. The molecule has 0 saturated heterocycles. The molecule has 0 aliphatic rings. The van der Waals surface area contributed by atoms with Crippen LogP contribution in [0.4, 0.5) is 11.4 Å². The molecule has 2 aromatic rings. The van der Waals surface area contributed by atoms with Crippen molar-refractivity contribution in [2.75, 3.05) is 10.6 Å². The van der Waals surface area contributed by atoms with Crippen LogP contribution < -0.4 is 15.4 Å². The molecule has 0 unspecified atom stereocenters. The Labute approximate surface area is 142 Å². The first-order valence-electron chi connectivity index (χ1n) is 7.96. The molecule has 0 aliphatic carbocycles. The number of ether oxygens (including phenoxy) is 1. The lowest BCUT2D eigenvalue weighted by Crippen LogP contribution is -2.13. The zero-order valence-electron chi connectivity index (χ0n) is 14.1. The summed E-state index contributed by atoms with van der Waals surface area (Å²) >= 11 is 0. The molecule has 0 spiro atoms. The second-order valence-corrected chi connectivity index (χ2v) is 5.63. The van der Waals surface area contributed by atoms with Crippen LogP contribution in [-0.2, 0) is 4.79 Å². The molecule has 0 aromatic heterocycles. The molecule has 0 saturated carbocycles. The molecule has 0 heterocycles. The molecule has 5 heteroatoms. The number of anilines is 2. The minimum absolute atomic E-state index is 0.0475. The molecule has 0 fully saturated rings. The lowest BCUT2D eigenvalue weighted by molar-refractivity contribution is -0.115. The average Bonchev–Trinajstić information content (AvgIpc) is 2.56. The molecule has 0 radical (unpaired) electrons. The van der Waals surface area contributed by atoms with Gasteiger partial charge in [-0.3, -0.25) is 9.59 Å². The first-order valence-corrected chi connectivity index (χ1v) is 7.96. The largest absolute Gasteiger partial charge is 0.491 e. The fourth-order valence-electron chi connectivity index (χ4n) is 2.07. The van der Waals surface area contributed by atoms with Crippen LogP contribution in [0.2, 0.25) is 0 Å². The topological polar surface area (TPSA) is 67.4 Å². The first-order chi connectivity index (χ1) is 11.5. The van der Waals surface area contributed by atoms with Crippen LogP contribution in [0.3, 0.4) is 0 Å². The number of nitrogens with one attached hydrogen (secondary N) is 2. The maximum absolute atomic E-state index is 12.3. The van der Waals surface area contributed by atoms with Gasteiger partial charge in [-0.15, -0.1) is 0 Å². The predicted molar refractivity (Wildman–Crippen MR) is 95.5 cm³/mol. The van der Waals surface area contributed by atoms with Gasteiger partial charge in [-0.25, -0.2) is 0 Å². The summed E-state index contributed by atoms with van der Waals surface area (Å²) in [5, 5.41) is 5.59. The van der Waals surface area contributed by atoms with Gasteiger partial charge in [-0.1, -0.05) is 13.0 Å². The maximum Gasteiger partial charge on any atom is 0.255 e. The van der Waals surface area contributed by atoms with Crippen molar-refractivity contribution in [3.05, 3.63) is 54.1 Å². The Kier molecular flexibility index (Phi) is 5.95. The van der Waals surface area contributed by atoms with Gasteiger partial charge in [-0.2, -0.15) is 0 Å². The van der Waals surface area contributed by atoms with Gasteiger partial charge in [0, 0.05) is 23.4 Å². The van der Waals surface area contributed by atoms with Gasteiger partial charge in [0.15, 0.2) is 0 Å². The van der Waals surface area contributed by atoms with Crippen LogP contribution in [0.1, 0.15) is 37.6 Å². The van der Waals surface area contributed by atoms with Crippen molar-refractivity contribution < 1.29 is 14.3 Å². The Bertz CT molecular complexity index is 709. The van der Waals surface area contributed by atoms with Crippen LogP contribution in [-0.4, -0.2) is 17.9 Å². The van der Waals surface area contributed by atoms with Gasteiger partial charge in [0.05, 0.1) is 6.10 Å². The highest BCUT2D eigenvalue weighted by Gasteiger charge is 2.08. The smallest absolute Gasteiger partial charge is 0.255 e. The van der Waals surface area contributed by atoms with E-state index in [0.717, 1.165) is 0 Å². The predicted octanol–water partition coefficient (Wildman–Crippen LogP) is 4.07. The summed E-state index contributed by atoms with van der Waals surface area (Å²) in [6.45, 7) is 5.66. The highest BCUT2D eigenvalue weighted by Crippen LogP contribution is 2.18. The Morgan fingerprint density at radius 1 is 1.00 bits per heavy atom. The molecule has 2 N–H and O–H groups in total. The van der Waals surface area contributed by atoms with Crippen molar-refractivity contribution in [2.45, 2.75) is 33.3 Å². The van der Waals surface area contributed by atoms with E-state index in [-0.39, 0.29) is 17.9 Å². The number of carbonyl (C=O) groups excluding carboxylic acids is 2. The number of rotatable bonds is 6. The lowest BCUT2D eigenvalue weighted by Gasteiger charge is -2.11. The molecule has 126 valence electrons. The van der Waals surface area contributed by atoms with Crippen LogP contribution in [0.5, 0.6) is 5.75 Å². The van der Waals surface area contributed by atoms with Crippen LogP contribution in [0.15, 0.2) is 48.5 Å². The lowest BCUT2D eigenvalue weighted by atomic mass is 10.2. The van der Waals surface area contributed by atoms with Crippen molar-refractivity contribution in [2.24, 2.45) is 0 Å². The monoisotopic (exact) mass is 326 g/mol. The molecular formula is C19H22N2O3. The summed E-state index contributed by atoms with van der Waals surface area (Å²) in [4.78, 5) is 23.7. The average molecular weight is 326 g/mol. The summed E-state index contributed by atoms with van der Waals surface area (Å²) < 4.78 is 5.60. The fraction of sp³-hybridized carbons (Fsp3) is 0.263. The van der Waals surface area contributed by atoms with Gasteiger partial charge in [0.25, 0.3) is 5.91 Å². The van der Waals surface area contributed by atoms with Gasteiger partial charge in [-0.05, 0) is 56.3 Å². The van der Waals surface area contributed by atoms with E-state index in [2.05, 4.69) is 10.6 Å². The number of amides is 2. The van der Waals surface area contributed by atoms with Crippen LogP contribution in [0.25, 0.3) is 0 Å². The van der Waals surface area contributed by atoms with E-state index >= 15 is 0 Å². The maximum atomic E-state index is 12.3. The Balaban J connectivity index is 2.02. The van der Waals surface area contributed by atoms with Crippen molar-refractivity contribution in [3.63, 3.8) is 0 Å². The Morgan fingerprint density at radius 2 is 1.62 bits per heavy atom. The van der Waals surface area contributed by atoms with E-state index in [0.29, 0.717) is 29.1 Å². The summed E-state index contributed by atoms with van der Waals surface area (Å²) in [6, 6.07) is 14.1. The molecule has 24 heavy (non-hydrogen) atoms. The quantitative estimate of drug-likeness (QED) is 0.840. The van der Waals surface area contributed by atoms with Crippen molar-refractivity contribution in [3.8, 4) is 5.75 Å². The number of carbonyl (C=O) groups is 2. The second-order valence-electron chi connectivity index (χ2n) is 5.63. The van der Waals surface area contributed by atoms with Crippen LogP contribution >= 0.6 is 0 Å². The molecule has 0 aliphatic heterocycles. The summed E-state index contributed by atoms with van der Waals surface area (Å²) in [5.41, 5.74) is 1.88. The van der Waals surface area contributed by atoms with E-state index in [1.54, 1.807) is 49.4 Å². The number of hydrogen-bond acceptors (Lipinski definition) is 3. The molecule has 2 amide bonds. The Morgan fingerprint density at radius 3 is 2.21 bits per heavy atom. The summed E-state index contributed by atoms with van der Waals surface area (Å²) in [6.07, 6.45) is 0.474. The van der Waals surface area contributed by atoms with E-state index < -0.39 is 0 Å². The highest BCUT2D eigenvalue weighted by atomic mass is 16.5. The first kappa shape index (κ1) is 17.5. The van der Waals surface area contributed by atoms with E-state index in [1.165, 1.54) is 0 Å². The second kappa shape index (κ2) is 8.15. The zero-order valence-corrected chi connectivity index (χ0v) is 14.1. The third kappa shape index (κ3) is 5.12. The number of hydrogen-bond donors (Lipinski definition) is 2. The van der Waals surface area contributed by atoms with Crippen molar-refractivity contribution >= 4 is 23.2 Å². The van der Waals surface area contributed by atoms with Crippen molar-refractivity contribution in [1.29, 1.82) is 0 Å². The van der Waals surface area contributed by atoms with E-state index in [4.69, 9.17) is 4.74 Å². The van der Waals surface area contributed by atoms with Gasteiger partial charge < -0.3 is 15.4 Å². The van der Waals surface area contributed by atoms with E-state index in [9.17, 15) is 9.59 Å². The van der Waals surface area contributed by atoms with Gasteiger partial charge in [0.2, 0.25) is 5.91 Å². The molecule has 2 rings (SSSR count). The third-order valence-electron chi connectivity index (χ3n) is 3.22. The number of benzene rings is 2.